The summed E-state index contributed by atoms with van der Waals surface area (Å²) >= 11 is 0. The third-order valence-electron chi connectivity index (χ3n) is 5.93. The van der Waals surface area contributed by atoms with Crippen LogP contribution in [0.25, 0.3) is 10.8 Å². The largest absolute Gasteiger partial charge is 0.460 e. The fourth-order valence-corrected chi connectivity index (χ4v) is 4.26. The predicted octanol–water partition coefficient (Wildman–Crippen LogP) is 5.05. The van der Waals surface area contributed by atoms with Crippen molar-refractivity contribution in [2.24, 2.45) is 17.8 Å². The van der Waals surface area contributed by atoms with Crippen molar-refractivity contribution in [3.05, 3.63) is 48.0 Å². The van der Waals surface area contributed by atoms with Crippen LogP contribution in [-0.2, 0) is 15.1 Å². The van der Waals surface area contributed by atoms with Crippen molar-refractivity contribution >= 4 is 16.7 Å². The summed E-state index contributed by atoms with van der Waals surface area (Å²) in [7, 11) is 0. The highest BCUT2D eigenvalue weighted by molar-refractivity contribution is 5.92. The average Bonchev–Trinajstić information content (AvgIpc) is 2.61. The van der Waals surface area contributed by atoms with Crippen LogP contribution in [0.3, 0.4) is 0 Å². The number of rotatable bonds is 4. The normalized spacial score (nSPS) is 25.8. The molecular weight excluding hydrogens is 324 g/mol. The molecule has 1 N–H and O–H groups in total. The maximum absolute atomic E-state index is 13.0. The average molecular weight is 354 g/mol. The molecule has 3 nitrogen and oxygen atoms in total. The van der Waals surface area contributed by atoms with E-state index >= 15 is 0 Å². The van der Waals surface area contributed by atoms with Gasteiger partial charge in [-0.1, -0.05) is 69.7 Å². The number of hydrogen-bond acceptors (Lipinski definition) is 3. The highest BCUT2D eigenvalue weighted by Gasteiger charge is 2.40. The van der Waals surface area contributed by atoms with E-state index < -0.39 is 11.6 Å². The van der Waals surface area contributed by atoms with E-state index in [4.69, 9.17) is 4.74 Å². The Morgan fingerprint density at radius 2 is 1.85 bits per heavy atom. The van der Waals surface area contributed by atoms with E-state index in [1.807, 2.05) is 42.5 Å². The van der Waals surface area contributed by atoms with Gasteiger partial charge in [-0.25, -0.2) is 4.79 Å². The molecule has 2 aromatic rings. The fraction of sp³-hybridized carbons (Fsp3) is 0.522. The van der Waals surface area contributed by atoms with Crippen LogP contribution in [0.1, 0.15) is 52.5 Å². The molecule has 0 aromatic heterocycles. The van der Waals surface area contributed by atoms with Gasteiger partial charge in [0.05, 0.1) is 0 Å². The zero-order chi connectivity index (χ0) is 18.9. The summed E-state index contributed by atoms with van der Waals surface area (Å²) in [4.78, 5) is 13.0. The first-order valence-corrected chi connectivity index (χ1v) is 9.72. The van der Waals surface area contributed by atoms with Crippen molar-refractivity contribution in [2.45, 2.75) is 58.7 Å². The Morgan fingerprint density at radius 1 is 1.15 bits per heavy atom. The van der Waals surface area contributed by atoms with Gasteiger partial charge in [0.15, 0.2) is 5.60 Å². The molecule has 0 heterocycles. The van der Waals surface area contributed by atoms with E-state index in [0.29, 0.717) is 23.3 Å². The lowest BCUT2D eigenvalue weighted by Gasteiger charge is -2.38. The lowest BCUT2D eigenvalue weighted by atomic mass is 9.75. The van der Waals surface area contributed by atoms with Crippen molar-refractivity contribution in [1.82, 2.24) is 0 Å². The quantitative estimate of drug-likeness (QED) is 0.782. The number of carbonyl (C=O) groups excluding carboxylic acids is 1. The van der Waals surface area contributed by atoms with Gasteiger partial charge < -0.3 is 9.84 Å². The Labute approximate surface area is 156 Å². The lowest BCUT2D eigenvalue weighted by molar-refractivity contribution is -0.177. The topological polar surface area (TPSA) is 46.5 Å². The molecule has 0 saturated heterocycles. The summed E-state index contributed by atoms with van der Waals surface area (Å²) in [5.41, 5.74) is -1.06. The Balaban J connectivity index is 1.87. The summed E-state index contributed by atoms with van der Waals surface area (Å²) < 4.78 is 5.91. The molecule has 0 aliphatic heterocycles. The summed E-state index contributed by atoms with van der Waals surface area (Å²) in [5.74, 6) is 0.824. The summed E-state index contributed by atoms with van der Waals surface area (Å²) in [6, 6.07) is 13.5. The number of esters is 1. The lowest BCUT2D eigenvalue weighted by Crippen LogP contribution is -2.42. The van der Waals surface area contributed by atoms with Crippen LogP contribution in [0.2, 0.25) is 0 Å². The molecule has 3 heteroatoms. The minimum atomic E-state index is -1.66. The Kier molecular flexibility index (Phi) is 5.38. The van der Waals surface area contributed by atoms with Gasteiger partial charge >= 0.3 is 5.97 Å². The standard InChI is InChI=1S/C23H30O3/c1-15(2)18-13-12-16(3)14-21(18)26-22(24)23(4,25)20-11-7-9-17-8-5-6-10-19(17)20/h5-11,15-16,18,21,25H,12-14H2,1-4H3/t16-,18+,21-,23-/m1/s1. The summed E-state index contributed by atoms with van der Waals surface area (Å²) in [5, 5.41) is 13.0. The number of fused-ring (bicyclic) bond motifs is 1. The van der Waals surface area contributed by atoms with Crippen molar-refractivity contribution in [3.8, 4) is 0 Å². The zero-order valence-electron chi connectivity index (χ0n) is 16.2. The highest BCUT2D eigenvalue weighted by atomic mass is 16.6. The van der Waals surface area contributed by atoms with Gasteiger partial charge in [0.2, 0.25) is 0 Å². The first-order chi connectivity index (χ1) is 12.3. The molecule has 1 aliphatic carbocycles. The monoisotopic (exact) mass is 354 g/mol. The molecule has 0 bridgehead atoms. The first-order valence-electron chi connectivity index (χ1n) is 9.72. The molecule has 0 amide bonds. The molecule has 0 unspecified atom stereocenters. The van der Waals surface area contributed by atoms with Crippen molar-refractivity contribution in [3.63, 3.8) is 0 Å². The van der Waals surface area contributed by atoms with Crippen LogP contribution in [-0.4, -0.2) is 17.2 Å². The van der Waals surface area contributed by atoms with E-state index in [-0.39, 0.29) is 6.10 Å². The van der Waals surface area contributed by atoms with Crippen LogP contribution in [0, 0.1) is 17.8 Å². The van der Waals surface area contributed by atoms with Gasteiger partial charge in [-0.3, -0.25) is 0 Å². The molecule has 1 aliphatic rings. The van der Waals surface area contributed by atoms with Crippen molar-refractivity contribution in [1.29, 1.82) is 0 Å². The first kappa shape index (κ1) is 18.9. The molecule has 3 rings (SSSR count). The second-order valence-corrected chi connectivity index (χ2v) is 8.37. The van der Waals surface area contributed by atoms with Gasteiger partial charge in [-0.2, -0.15) is 0 Å². The van der Waals surface area contributed by atoms with E-state index in [1.54, 1.807) is 6.92 Å². The molecule has 2 aromatic carbocycles. The highest BCUT2D eigenvalue weighted by Crippen LogP contribution is 2.37. The van der Waals surface area contributed by atoms with Crippen LogP contribution >= 0.6 is 0 Å². The van der Waals surface area contributed by atoms with E-state index in [0.717, 1.165) is 23.6 Å². The Bertz CT molecular complexity index is 773. The van der Waals surface area contributed by atoms with Crippen molar-refractivity contribution in [2.75, 3.05) is 0 Å². The van der Waals surface area contributed by atoms with Gasteiger partial charge in [-0.15, -0.1) is 0 Å². The Hall–Kier alpha value is -1.87. The SMILES string of the molecule is CC(C)[C@@H]1CC[C@@H](C)C[C@H]1OC(=O)[C@](C)(O)c1cccc2ccccc12. The van der Waals surface area contributed by atoms with Crippen LogP contribution < -0.4 is 0 Å². The molecular formula is C23H30O3. The zero-order valence-corrected chi connectivity index (χ0v) is 16.2. The summed E-state index contributed by atoms with van der Waals surface area (Å²) in [6.45, 7) is 8.13. The minimum Gasteiger partial charge on any atom is -0.460 e. The molecule has 0 radical (unpaired) electrons. The van der Waals surface area contributed by atoms with Crippen LogP contribution in [0.15, 0.2) is 42.5 Å². The fourth-order valence-electron chi connectivity index (χ4n) is 4.26. The van der Waals surface area contributed by atoms with Gasteiger partial charge in [-0.05, 0) is 48.3 Å². The second-order valence-electron chi connectivity index (χ2n) is 8.37. The molecule has 4 atom stereocenters. The summed E-state index contributed by atoms with van der Waals surface area (Å²) in [6.07, 6.45) is 3.01. The van der Waals surface area contributed by atoms with E-state index in [2.05, 4.69) is 20.8 Å². The van der Waals surface area contributed by atoms with Crippen LogP contribution in [0.5, 0.6) is 0 Å². The third kappa shape index (κ3) is 3.64. The molecule has 1 saturated carbocycles. The maximum Gasteiger partial charge on any atom is 0.342 e. The molecule has 26 heavy (non-hydrogen) atoms. The van der Waals surface area contributed by atoms with Gasteiger partial charge in [0.1, 0.15) is 6.10 Å². The Morgan fingerprint density at radius 3 is 2.58 bits per heavy atom. The molecule has 140 valence electrons. The third-order valence-corrected chi connectivity index (χ3v) is 5.93. The van der Waals surface area contributed by atoms with Gasteiger partial charge in [0.25, 0.3) is 0 Å². The second kappa shape index (κ2) is 7.40. The number of benzene rings is 2. The number of carbonyl (C=O) groups is 1. The van der Waals surface area contributed by atoms with E-state index in [1.165, 1.54) is 6.42 Å². The van der Waals surface area contributed by atoms with Crippen LogP contribution in [0.4, 0.5) is 0 Å². The van der Waals surface area contributed by atoms with Gasteiger partial charge in [0, 0.05) is 5.56 Å². The number of ether oxygens (including phenoxy) is 1. The number of hydrogen-bond donors (Lipinski definition) is 1. The number of aliphatic hydroxyl groups is 1. The maximum atomic E-state index is 13.0. The predicted molar refractivity (Wildman–Crippen MR) is 105 cm³/mol. The minimum absolute atomic E-state index is 0.118. The molecule has 0 spiro atoms. The molecule has 1 fully saturated rings. The van der Waals surface area contributed by atoms with E-state index in [9.17, 15) is 9.90 Å². The smallest absolute Gasteiger partial charge is 0.342 e. The van der Waals surface area contributed by atoms with Crippen molar-refractivity contribution < 1.29 is 14.6 Å².